The predicted octanol–water partition coefficient (Wildman–Crippen LogP) is 3.98. The lowest BCUT2D eigenvalue weighted by Crippen LogP contribution is -2.09. The van der Waals surface area contributed by atoms with Crippen molar-refractivity contribution in [2.75, 3.05) is 26.6 Å². The van der Waals surface area contributed by atoms with Gasteiger partial charge in [-0.15, -0.1) is 0 Å². The number of carbonyl (C=O) groups is 1. The fourth-order valence-corrected chi connectivity index (χ4v) is 2.48. The Labute approximate surface area is 148 Å². The molecule has 0 radical (unpaired) electrons. The van der Waals surface area contributed by atoms with Gasteiger partial charge in [-0.2, -0.15) is 0 Å². The van der Waals surface area contributed by atoms with E-state index >= 15 is 0 Å². The summed E-state index contributed by atoms with van der Waals surface area (Å²) in [6, 6.07) is 9.38. The summed E-state index contributed by atoms with van der Waals surface area (Å²) >= 11 is 0. The van der Waals surface area contributed by atoms with Gasteiger partial charge in [0.15, 0.2) is 11.5 Å². The highest BCUT2D eigenvalue weighted by atomic mass is 16.5. The second-order valence-corrected chi connectivity index (χ2v) is 5.49. The molecular weight excluding hydrogens is 318 g/mol. The maximum absolute atomic E-state index is 12.2. The maximum atomic E-state index is 12.2. The fourth-order valence-electron chi connectivity index (χ4n) is 2.48. The standard InChI is InChI=1S/C20H23NO4/c1-13-7-6-8-16(14(13)2)21-18(22)12-10-15-9-11-17(23-3)20(25-5)19(15)24-4/h6-12H,1-5H3,(H,21,22)/b12-10+. The number of hydrogen-bond donors (Lipinski definition) is 1. The Morgan fingerprint density at radius 3 is 2.32 bits per heavy atom. The van der Waals surface area contributed by atoms with Crippen molar-refractivity contribution in [3.63, 3.8) is 0 Å². The molecule has 0 aliphatic heterocycles. The van der Waals surface area contributed by atoms with E-state index in [1.165, 1.54) is 6.08 Å². The lowest BCUT2D eigenvalue weighted by molar-refractivity contribution is -0.111. The molecule has 0 saturated heterocycles. The zero-order chi connectivity index (χ0) is 18.4. The van der Waals surface area contributed by atoms with E-state index < -0.39 is 0 Å². The normalized spacial score (nSPS) is 10.6. The molecule has 0 atom stereocenters. The summed E-state index contributed by atoms with van der Waals surface area (Å²) in [6.07, 6.45) is 3.15. The van der Waals surface area contributed by atoms with Crippen molar-refractivity contribution in [1.82, 2.24) is 0 Å². The lowest BCUT2D eigenvalue weighted by atomic mass is 10.1. The molecule has 1 amide bonds. The second-order valence-electron chi connectivity index (χ2n) is 5.49. The van der Waals surface area contributed by atoms with E-state index in [0.29, 0.717) is 17.2 Å². The number of hydrogen-bond acceptors (Lipinski definition) is 4. The van der Waals surface area contributed by atoms with Gasteiger partial charge in [-0.05, 0) is 49.2 Å². The first-order valence-electron chi connectivity index (χ1n) is 7.86. The van der Waals surface area contributed by atoms with E-state index in [9.17, 15) is 4.79 Å². The van der Waals surface area contributed by atoms with Gasteiger partial charge < -0.3 is 19.5 Å². The molecule has 0 saturated carbocycles. The topological polar surface area (TPSA) is 56.8 Å². The molecule has 0 spiro atoms. The zero-order valence-electron chi connectivity index (χ0n) is 15.2. The molecule has 2 rings (SSSR count). The molecule has 5 nitrogen and oxygen atoms in total. The van der Waals surface area contributed by atoms with Crippen LogP contribution in [0.2, 0.25) is 0 Å². The molecule has 2 aromatic carbocycles. The number of methoxy groups -OCH3 is 3. The Morgan fingerprint density at radius 2 is 1.68 bits per heavy atom. The van der Waals surface area contributed by atoms with E-state index in [4.69, 9.17) is 14.2 Å². The quantitative estimate of drug-likeness (QED) is 0.808. The van der Waals surface area contributed by atoms with E-state index in [1.54, 1.807) is 33.5 Å². The van der Waals surface area contributed by atoms with Crippen LogP contribution in [0.5, 0.6) is 17.2 Å². The van der Waals surface area contributed by atoms with Crippen molar-refractivity contribution in [3.8, 4) is 17.2 Å². The maximum Gasteiger partial charge on any atom is 0.248 e. The van der Waals surface area contributed by atoms with Crippen molar-refractivity contribution >= 4 is 17.7 Å². The molecule has 0 heterocycles. The summed E-state index contributed by atoms with van der Waals surface area (Å²) in [7, 11) is 4.65. The van der Waals surface area contributed by atoms with Crippen molar-refractivity contribution in [2.24, 2.45) is 0 Å². The number of aryl methyl sites for hydroxylation is 1. The van der Waals surface area contributed by atoms with Gasteiger partial charge in [0.25, 0.3) is 0 Å². The van der Waals surface area contributed by atoms with E-state index in [0.717, 1.165) is 22.4 Å². The molecule has 0 aliphatic rings. The monoisotopic (exact) mass is 341 g/mol. The van der Waals surface area contributed by atoms with Crippen LogP contribution in [0, 0.1) is 13.8 Å². The average molecular weight is 341 g/mol. The number of amides is 1. The average Bonchev–Trinajstić information content (AvgIpc) is 2.62. The van der Waals surface area contributed by atoms with Gasteiger partial charge in [0, 0.05) is 17.3 Å². The molecule has 132 valence electrons. The second kappa shape index (κ2) is 8.24. The molecule has 5 heteroatoms. The SMILES string of the molecule is COc1ccc(/C=C/C(=O)Nc2cccc(C)c2C)c(OC)c1OC. The van der Waals surface area contributed by atoms with E-state index in [2.05, 4.69) is 5.32 Å². The van der Waals surface area contributed by atoms with Crippen LogP contribution < -0.4 is 19.5 Å². The van der Waals surface area contributed by atoms with Crippen LogP contribution in [0.1, 0.15) is 16.7 Å². The Kier molecular flexibility index (Phi) is 6.06. The summed E-state index contributed by atoms with van der Waals surface area (Å²) in [4.78, 5) is 12.2. The van der Waals surface area contributed by atoms with Gasteiger partial charge in [-0.3, -0.25) is 4.79 Å². The first kappa shape index (κ1) is 18.4. The van der Waals surface area contributed by atoms with Crippen LogP contribution >= 0.6 is 0 Å². The summed E-state index contributed by atoms with van der Waals surface area (Å²) in [5, 5.41) is 2.89. The van der Waals surface area contributed by atoms with Crippen molar-refractivity contribution in [1.29, 1.82) is 0 Å². The van der Waals surface area contributed by atoms with E-state index in [1.807, 2.05) is 38.1 Å². The van der Waals surface area contributed by atoms with Gasteiger partial charge in [-0.25, -0.2) is 0 Å². The van der Waals surface area contributed by atoms with Crippen molar-refractivity contribution < 1.29 is 19.0 Å². The molecular formula is C20H23NO4. The number of ether oxygens (including phenoxy) is 3. The van der Waals surface area contributed by atoms with Crippen LogP contribution in [0.25, 0.3) is 6.08 Å². The van der Waals surface area contributed by atoms with Crippen LogP contribution in [0.15, 0.2) is 36.4 Å². The number of carbonyl (C=O) groups excluding carboxylic acids is 1. The van der Waals surface area contributed by atoms with Gasteiger partial charge >= 0.3 is 0 Å². The predicted molar refractivity (Wildman–Crippen MR) is 99.7 cm³/mol. The summed E-state index contributed by atoms with van der Waals surface area (Å²) in [5.74, 6) is 1.35. The highest BCUT2D eigenvalue weighted by Crippen LogP contribution is 2.40. The summed E-state index contributed by atoms with van der Waals surface area (Å²) in [6.45, 7) is 3.99. The molecule has 1 N–H and O–H groups in total. The van der Waals surface area contributed by atoms with Crippen LogP contribution in [0.4, 0.5) is 5.69 Å². The van der Waals surface area contributed by atoms with Gasteiger partial charge in [-0.1, -0.05) is 12.1 Å². The van der Waals surface area contributed by atoms with Crippen molar-refractivity contribution in [3.05, 3.63) is 53.1 Å². The summed E-state index contributed by atoms with van der Waals surface area (Å²) in [5.41, 5.74) is 3.70. The first-order chi connectivity index (χ1) is 12.0. The fraction of sp³-hybridized carbons (Fsp3) is 0.250. The number of benzene rings is 2. The molecule has 0 fully saturated rings. The Hall–Kier alpha value is -2.95. The van der Waals surface area contributed by atoms with Gasteiger partial charge in [0.1, 0.15) is 0 Å². The minimum atomic E-state index is -0.217. The zero-order valence-corrected chi connectivity index (χ0v) is 15.2. The third-order valence-electron chi connectivity index (χ3n) is 4.01. The minimum absolute atomic E-state index is 0.217. The lowest BCUT2D eigenvalue weighted by Gasteiger charge is -2.14. The van der Waals surface area contributed by atoms with E-state index in [-0.39, 0.29) is 5.91 Å². The van der Waals surface area contributed by atoms with Crippen LogP contribution in [0.3, 0.4) is 0 Å². The number of nitrogens with one attached hydrogen (secondary N) is 1. The number of anilines is 1. The first-order valence-corrected chi connectivity index (χ1v) is 7.86. The smallest absolute Gasteiger partial charge is 0.248 e. The van der Waals surface area contributed by atoms with Gasteiger partial charge in [0.2, 0.25) is 11.7 Å². The third-order valence-corrected chi connectivity index (χ3v) is 4.01. The minimum Gasteiger partial charge on any atom is -0.493 e. The molecule has 2 aromatic rings. The highest BCUT2D eigenvalue weighted by Gasteiger charge is 2.14. The highest BCUT2D eigenvalue weighted by molar-refractivity contribution is 6.02. The molecule has 0 aliphatic carbocycles. The molecule has 25 heavy (non-hydrogen) atoms. The Balaban J connectivity index is 2.24. The van der Waals surface area contributed by atoms with Crippen molar-refractivity contribution in [2.45, 2.75) is 13.8 Å². The number of rotatable bonds is 6. The molecule has 0 unspecified atom stereocenters. The Morgan fingerprint density at radius 1 is 0.960 bits per heavy atom. The molecule has 0 bridgehead atoms. The van der Waals surface area contributed by atoms with Crippen LogP contribution in [-0.2, 0) is 4.79 Å². The summed E-state index contributed by atoms with van der Waals surface area (Å²) < 4.78 is 16.0. The Bertz CT molecular complexity index is 797. The molecule has 0 aromatic heterocycles. The largest absolute Gasteiger partial charge is 0.493 e. The van der Waals surface area contributed by atoms with Crippen LogP contribution in [-0.4, -0.2) is 27.2 Å². The van der Waals surface area contributed by atoms with Gasteiger partial charge in [0.05, 0.1) is 21.3 Å². The third kappa shape index (κ3) is 4.12.